The summed E-state index contributed by atoms with van der Waals surface area (Å²) in [7, 11) is -9.63. The summed E-state index contributed by atoms with van der Waals surface area (Å²) in [4.78, 5) is 34.0. The van der Waals surface area contributed by atoms with Gasteiger partial charge in [0.05, 0.1) is 0 Å². The first kappa shape index (κ1) is 24.7. The van der Waals surface area contributed by atoms with Gasteiger partial charge in [-0.1, -0.05) is 8.78 Å². The van der Waals surface area contributed by atoms with Crippen LogP contribution in [0.5, 0.6) is 0 Å². The fraction of sp³-hybridized carbons (Fsp3) is 1.00. The Kier molecular flexibility index (Phi) is 7.47. The Morgan fingerprint density at radius 2 is 0.963 bits per heavy atom. The summed E-state index contributed by atoms with van der Waals surface area (Å²) in [5.41, 5.74) is 0. The van der Waals surface area contributed by atoms with Crippen molar-refractivity contribution < 1.29 is 40.8 Å². The van der Waals surface area contributed by atoms with Crippen molar-refractivity contribution >= 4 is 17.3 Å². The average molecular weight is 442 g/mol. The maximum Gasteiger partial charge on any atom is 0.613 e. The Morgan fingerprint density at radius 3 is 1.15 bits per heavy atom. The molecule has 0 bridgehead atoms. The number of hydrogen-bond donors (Lipinski definition) is 0. The summed E-state index contributed by atoms with van der Waals surface area (Å²) in [6, 6.07) is -2.47. The lowest BCUT2D eigenvalue weighted by atomic mass is 10.3. The van der Waals surface area contributed by atoms with Crippen molar-refractivity contribution in [1.82, 2.24) is 0 Å². The summed E-state index contributed by atoms with van der Waals surface area (Å²) in [5.74, 6) is -8.47. The van der Waals surface area contributed by atoms with Crippen molar-refractivity contribution in [1.29, 1.82) is 0 Å². The average Bonchev–Trinajstić information content (AvgIpc) is 2.48. The van der Waals surface area contributed by atoms with Crippen LogP contribution < -0.4 is 0 Å². The van der Waals surface area contributed by atoms with E-state index in [0.29, 0.717) is 13.1 Å². The lowest BCUT2D eigenvalue weighted by Crippen LogP contribution is -2.48. The van der Waals surface area contributed by atoms with Crippen LogP contribution in [0.1, 0.15) is 12.8 Å². The number of hydrogen-bond acceptors (Lipinski definition) is 9. The molecule has 156 valence electrons. The van der Waals surface area contributed by atoms with E-state index in [2.05, 4.69) is 4.12 Å². The molecule has 0 saturated carbocycles. The topological polar surface area (TPSA) is 182 Å². The van der Waals surface area contributed by atoms with Crippen LogP contribution in [0.2, 0.25) is 25.2 Å². The molecule has 0 N–H and O–H groups in total. The molecule has 0 spiro atoms. The van der Waals surface area contributed by atoms with Crippen LogP contribution in [0.15, 0.2) is 0 Å². The van der Waals surface area contributed by atoms with Gasteiger partial charge in [-0.05, 0) is 13.1 Å². The SMILES string of the molecule is C[Si](F)(CCC(F)([N+](=O)[O-])[N+](=O)[O-])O[Si](C)(F)CCC(F)([N+](=O)[O-])[N+](=O)[O-]. The van der Waals surface area contributed by atoms with Gasteiger partial charge in [-0.3, -0.25) is 48.7 Å². The monoisotopic (exact) mass is 442 g/mol. The molecule has 0 aliphatic carbocycles. The molecule has 0 fully saturated rings. The predicted octanol–water partition coefficient (Wildman–Crippen LogP) is 2.22. The maximum atomic E-state index is 14.3. The van der Waals surface area contributed by atoms with Crippen molar-refractivity contribution in [2.45, 2.75) is 49.9 Å². The molecule has 13 nitrogen and oxygen atoms in total. The molecule has 0 heterocycles. The number of rotatable bonds is 12. The van der Waals surface area contributed by atoms with Crippen LogP contribution >= 0.6 is 0 Å². The third kappa shape index (κ3) is 6.43. The smallest absolute Gasteiger partial charge is 0.409 e. The second-order valence-electron chi connectivity index (χ2n) is 5.77. The minimum atomic E-state index is -4.82. The molecule has 0 aromatic heterocycles. The van der Waals surface area contributed by atoms with Crippen molar-refractivity contribution in [3.05, 3.63) is 40.5 Å². The second-order valence-corrected chi connectivity index (χ2v) is 12.0. The van der Waals surface area contributed by atoms with E-state index in [0.717, 1.165) is 0 Å². The fourth-order valence-corrected chi connectivity index (χ4v) is 7.70. The highest BCUT2D eigenvalue weighted by Gasteiger charge is 2.61. The molecule has 0 aromatic carbocycles. The zero-order chi connectivity index (χ0) is 21.8. The van der Waals surface area contributed by atoms with Gasteiger partial charge < -0.3 is 4.12 Å². The molecule has 0 amide bonds. The minimum absolute atomic E-state index is 0.585. The summed E-state index contributed by atoms with van der Waals surface area (Å²) in [6.07, 6.45) is -3.18. The lowest BCUT2D eigenvalue weighted by molar-refractivity contribution is -0.832. The predicted molar refractivity (Wildman–Crippen MR) is 81.0 cm³/mol. The maximum absolute atomic E-state index is 14.3. The van der Waals surface area contributed by atoms with E-state index in [1.165, 1.54) is 0 Å². The normalized spacial score (nSPS) is 16.8. The van der Waals surface area contributed by atoms with Crippen molar-refractivity contribution in [2.24, 2.45) is 0 Å². The van der Waals surface area contributed by atoms with E-state index in [9.17, 15) is 57.5 Å². The summed E-state index contributed by atoms with van der Waals surface area (Å²) in [5, 5.41) is 41.6. The summed E-state index contributed by atoms with van der Waals surface area (Å²) in [6.45, 7) is 1.17. The Balaban J connectivity index is 5.10. The van der Waals surface area contributed by atoms with E-state index >= 15 is 0 Å². The van der Waals surface area contributed by atoms with Crippen LogP contribution in [0.3, 0.4) is 0 Å². The molecule has 0 aliphatic heterocycles. The van der Waals surface area contributed by atoms with Gasteiger partial charge in [0, 0.05) is 12.1 Å². The van der Waals surface area contributed by atoms with E-state index in [4.69, 9.17) is 0 Å². The van der Waals surface area contributed by atoms with Crippen molar-refractivity contribution in [3.8, 4) is 0 Å². The molecule has 2 unspecified atom stereocenters. The highest BCUT2D eigenvalue weighted by atomic mass is 28.5. The lowest BCUT2D eigenvalue weighted by Gasteiger charge is -2.26. The summed E-state index contributed by atoms with van der Waals surface area (Å²) < 4.78 is 60.3. The van der Waals surface area contributed by atoms with E-state index in [1.807, 2.05) is 0 Å². The number of alkyl halides is 2. The van der Waals surface area contributed by atoms with Crippen molar-refractivity contribution in [3.63, 3.8) is 0 Å². The van der Waals surface area contributed by atoms with Gasteiger partial charge in [0.2, 0.25) is 0 Å². The van der Waals surface area contributed by atoms with Gasteiger partial charge in [-0.25, -0.2) is 0 Å². The molecule has 27 heavy (non-hydrogen) atoms. The van der Waals surface area contributed by atoms with Gasteiger partial charge in [-0.15, -0.1) is 0 Å². The first-order valence-corrected chi connectivity index (χ1v) is 11.9. The molecule has 2 atom stereocenters. The standard InChI is InChI=1S/C8H14F4N4O9Si2/c1-26(11,5-3-7(9,13(17)18)14(19)20)25-27(2,12)6-4-8(10,15(21)22)16(23)24/h3-6H2,1-2H3. The fourth-order valence-electron chi connectivity index (χ4n) is 1.81. The molecule has 19 heteroatoms. The highest BCUT2D eigenvalue weighted by Crippen LogP contribution is 2.32. The number of halogens is 4. The van der Waals surface area contributed by atoms with E-state index in [1.54, 1.807) is 0 Å². The molecular formula is C8H14F4N4O9Si2. The molecule has 0 saturated heterocycles. The zero-order valence-electron chi connectivity index (χ0n) is 13.8. The minimum Gasteiger partial charge on any atom is -0.409 e. The third-order valence-electron chi connectivity index (χ3n) is 3.32. The van der Waals surface area contributed by atoms with Gasteiger partial charge in [0.15, 0.2) is 0 Å². The molecular weight excluding hydrogens is 428 g/mol. The third-order valence-corrected chi connectivity index (χ3v) is 9.02. The largest absolute Gasteiger partial charge is 0.613 e. The quantitative estimate of drug-likeness (QED) is 0.0832. The van der Waals surface area contributed by atoms with Crippen LogP contribution in [0, 0.1) is 40.5 Å². The van der Waals surface area contributed by atoms with Gasteiger partial charge in [0.25, 0.3) is 0 Å². The van der Waals surface area contributed by atoms with Crippen LogP contribution in [0.4, 0.5) is 17.0 Å². The van der Waals surface area contributed by atoms with E-state index < -0.39 is 73.8 Å². The zero-order valence-corrected chi connectivity index (χ0v) is 15.8. The number of nitrogens with zero attached hydrogens (tertiary/aromatic N) is 4. The molecule has 0 aliphatic rings. The van der Waals surface area contributed by atoms with Crippen LogP contribution in [-0.4, -0.2) is 48.8 Å². The van der Waals surface area contributed by atoms with Gasteiger partial charge in [-0.2, -0.15) is 0 Å². The first-order chi connectivity index (χ1) is 11.9. The van der Waals surface area contributed by atoms with Gasteiger partial charge in [0.1, 0.15) is 32.5 Å². The molecule has 0 aromatic rings. The highest BCUT2D eigenvalue weighted by molar-refractivity contribution is 6.79. The van der Waals surface area contributed by atoms with Gasteiger partial charge >= 0.3 is 29.1 Å². The number of nitro groups is 4. The van der Waals surface area contributed by atoms with E-state index in [-0.39, 0.29) is 0 Å². The van der Waals surface area contributed by atoms with Crippen molar-refractivity contribution in [2.75, 3.05) is 0 Å². The summed E-state index contributed by atoms with van der Waals surface area (Å²) >= 11 is 0. The van der Waals surface area contributed by atoms with Crippen LogP contribution in [-0.2, 0) is 4.12 Å². The Hall–Kier alpha value is -2.29. The second kappa shape index (κ2) is 8.16. The Bertz CT molecular complexity index is 557. The molecule has 0 radical (unpaired) electrons. The Labute approximate surface area is 149 Å². The molecule has 0 rings (SSSR count). The van der Waals surface area contributed by atoms with Crippen LogP contribution in [0.25, 0.3) is 0 Å². The first-order valence-electron chi connectivity index (χ1n) is 6.93. The Morgan fingerprint density at radius 1 is 0.741 bits per heavy atom.